The number of benzene rings is 1. The molecule has 0 unspecified atom stereocenters. The third-order valence-corrected chi connectivity index (χ3v) is 5.45. The lowest BCUT2D eigenvalue weighted by Crippen LogP contribution is -2.33. The Kier molecular flexibility index (Phi) is 4.62. The van der Waals surface area contributed by atoms with Crippen molar-refractivity contribution in [3.8, 4) is 0 Å². The van der Waals surface area contributed by atoms with Gasteiger partial charge in [-0.05, 0) is 37.1 Å². The van der Waals surface area contributed by atoms with E-state index in [4.69, 9.17) is 4.52 Å². The van der Waals surface area contributed by atoms with Crippen LogP contribution in [0.25, 0.3) is 0 Å². The first kappa shape index (κ1) is 17.0. The Balaban J connectivity index is 1.69. The average molecular weight is 348 g/mol. The van der Waals surface area contributed by atoms with E-state index in [1.165, 1.54) is 12.3 Å². The second-order valence-electron chi connectivity index (χ2n) is 6.61. The molecule has 0 atom stereocenters. The van der Waals surface area contributed by atoms with Gasteiger partial charge in [-0.1, -0.05) is 19.0 Å². The fourth-order valence-corrected chi connectivity index (χ4v) is 3.48. The van der Waals surface area contributed by atoms with Crippen molar-refractivity contribution in [2.75, 3.05) is 24.2 Å². The number of nitrogens with zero attached hydrogens (tertiary/aromatic N) is 3. The molecule has 1 aromatic heterocycles. The van der Waals surface area contributed by atoms with Gasteiger partial charge in [-0.25, -0.2) is 8.42 Å². The molecule has 6 nitrogen and oxygen atoms in total. The highest BCUT2D eigenvalue weighted by atomic mass is 32.2. The SMILES string of the molecule is CC(C)c1noc(C2CCN(c3c[c]cc(S(C)(=O)=O)c3)CC2)n1. The lowest BCUT2D eigenvalue weighted by Gasteiger charge is -2.32. The summed E-state index contributed by atoms with van der Waals surface area (Å²) in [4.78, 5) is 6.98. The number of sulfone groups is 1. The molecule has 1 fully saturated rings. The van der Waals surface area contributed by atoms with E-state index in [-0.39, 0.29) is 11.8 Å². The van der Waals surface area contributed by atoms with E-state index in [1.54, 1.807) is 6.07 Å². The summed E-state index contributed by atoms with van der Waals surface area (Å²) in [5.41, 5.74) is 0.893. The lowest BCUT2D eigenvalue weighted by molar-refractivity contribution is 0.326. The molecule has 0 bridgehead atoms. The maximum atomic E-state index is 11.7. The molecule has 0 saturated carbocycles. The van der Waals surface area contributed by atoms with Gasteiger partial charge in [0, 0.05) is 36.9 Å². The number of hydrogen-bond donors (Lipinski definition) is 0. The van der Waals surface area contributed by atoms with Gasteiger partial charge in [0.15, 0.2) is 15.7 Å². The number of hydrogen-bond acceptors (Lipinski definition) is 6. The summed E-state index contributed by atoms with van der Waals surface area (Å²) < 4.78 is 28.8. The lowest BCUT2D eigenvalue weighted by atomic mass is 9.96. The largest absolute Gasteiger partial charge is 0.371 e. The van der Waals surface area contributed by atoms with E-state index in [1.807, 2.05) is 19.9 Å². The van der Waals surface area contributed by atoms with Crippen LogP contribution in [-0.4, -0.2) is 37.9 Å². The number of aromatic nitrogens is 2. The van der Waals surface area contributed by atoms with Crippen molar-refractivity contribution in [2.45, 2.75) is 43.4 Å². The minimum Gasteiger partial charge on any atom is -0.371 e. The van der Waals surface area contributed by atoms with Crippen molar-refractivity contribution >= 4 is 15.5 Å². The summed E-state index contributed by atoms with van der Waals surface area (Å²) in [6, 6.07) is 7.99. The van der Waals surface area contributed by atoms with Gasteiger partial charge in [0.1, 0.15) is 0 Å². The van der Waals surface area contributed by atoms with Gasteiger partial charge in [-0.2, -0.15) is 4.98 Å². The van der Waals surface area contributed by atoms with Crippen LogP contribution < -0.4 is 4.90 Å². The molecule has 1 aromatic carbocycles. The smallest absolute Gasteiger partial charge is 0.229 e. The normalized spacial score (nSPS) is 16.8. The first-order valence-electron chi connectivity index (χ1n) is 8.14. The highest BCUT2D eigenvalue weighted by Crippen LogP contribution is 2.30. The maximum absolute atomic E-state index is 11.7. The van der Waals surface area contributed by atoms with Crippen molar-refractivity contribution in [1.82, 2.24) is 10.1 Å². The highest BCUT2D eigenvalue weighted by molar-refractivity contribution is 7.90. The van der Waals surface area contributed by atoms with Crippen molar-refractivity contribution in [1.29, 1.82) is 0 Å². The molecule has 0 spiro atoms. The molecule has 24 heavy (non-hydrogen) atoms. The average Bonchev–Trinajstić information content (AvgIpc) is 3.05. The maximum Gasteiger partial charge on any atom is 0.229 e. The Bertz CT molecular complexity index is 806. The van der Waals surface area contributed by atoms with Crippen molar-refractivity contribution < 1.29 is 12.9 Å². The number of rotatable bonds is 4. The molecule has 2 aromatic rings. The molecule has 1 radical (unpaired) electrons. The Morgan fingerprint density at radius 2 is 2.00 bits per heavy atom. The van der Waals surface area contributed by atoms with E-state index in [0.717, 1.165) is 43.3 Å². The van der Waals surface area contributed by atoms with Gasteiger partial charge >= 0.3 is 0 Å². The quantitative estimate of drug-likeness (QED) is 0.846. The van der Waals surface area contributed by atoms with E-state index < -0.39 is 9.84 Å². The zero-order chi connectivity index (χ0) is 17.3. The van der Waals surface area contributed by atoms with Gasteiger partial charge in [-0.3, -0.25) is 0 Å². The first-order chi connectivity index (χ1) is 11.3. The molecule has 2 heterocycles. The Morgan fingerprint density at radius 1 is 1.29 bits per heavy atom. The van der Waals surface area contributed by atoms with Crippen LogP contribution >= 0.6 is 0 Å². The summed E-state index contributed by atoms with van der Waals surface area (Å²) >= 11 is 0. The zero-order valence-corrected chi connectivity index (χ0v) is 15.0. The van der Waals surface area contributed by atoms with Crippen LogP contribution in [0.4, 0.5) is 5.69 Å². The molecule has 0 aliphatic carbocycles. The molecule has 129 valence electrons. The Morgan fingerprint density at radius 3 is 2.58 bits per heavy atom. The monoisotopic (exact) mass is 348 g/mol. The number of anilines is 1. The van der Waals surface area contributed by atoms with Gasteiger partial charge in [0.2, 0.25) is 5.89 Å². The minimum atomic E-state index is -3.21. The number of piperidine rings is 1. The van der Waals surface area contributed by atoms with Crippen LogP contribution in [0.5, 0.6) is 0 Å². The third kappa shape index (κ3) is 3.61. The molecular weight excluding hydrogens is 326 g/mol. The second kappa shape index (κ2) is 6.55. The summed E-state index contributed by atoms with van der Waals surface area (Å²) in [7, 11) is -3.21. The molecule has 1 aliphatic rings. The molecule has 1 saturated heterocycles. The van der Waals surface area contributed by atoms with Gasteiger partial charge in [-0.15, -0.1) is 0 Å². The van der Waals surface area contributed by atoms with Crippen LogP contribution in [0.3, 0.4) is 0 Å². The minimum absolute atomic E-state index is 0.261. The summed E-state index contributed by atoms with van der Waals surface area (Å²) in [6.07, 6.45) is 3.03. The highest BCUT2D eigenvalue weighted by Gasteiger charge is 2.26. The standard InChI is InChI=1S/C17H22N3O3S/c1-12(2)16-18-17(23-19-16)13-7-9-20(10-8-13)14-5-4-6-15(11-14)24(3,21)22/h5-6,11-13H,7-10H2,1-3H3. The summed E-state index contributed by atoms with van der Waals surface area (Å²) in [5.74, 6) is 2.00. The van der Waals surface area contributed by atoms with Crippen LogP contribution in [0.2, 0.25) is 0 Å². The van der Waals surface area contributed by atoms with Crippen LogP contribution in [0, 0.1) is 6.07 Å². The van der Waals surface area contributed by atoms with Gasteiger partial charge < -0.3 is 9.42 Å². The van der Waals surface area contributed by atoms with E-state index in [0.29, 0.717) is 4.90 Å². The Labute approximate surface area is 142 Å². The van der Waals surface area contributed by atoms with E-state index in [9.17, 15) is 8.42 Å². The molecule has 0 N–H and O–H groups in total. The molecule has 0 amide bonds. The van der Waals surface area contributed by atoms with Crippen molar-refractivity contribution in [2.24, 2.45) is 0 Å². The molecule has 1 aliphatic heterocycles. The van der Waals surface area contributed by atoms with E-state index in [2.05, 4.69) is 21.1 Å². The van der Waals surface area contributed by atoms with E-state index >= 15 is 0 Å². The van der Waals surface area contributed by atoms with Gasteiger partial charge in [0.25, 0.3) is 0 Å². The predicted octanol–water partition coefficient (Wildman–Crippen LogP) is 2.78. The van der Waals surface area contributed by atoms with Crippen molar-refractivity contribution in [3.05, 3.63) is 36.0 Å². The molecule has 3 rings (SSSR count). The Hall–Kier alpha value is -1.89. The van der Waals surface area contributed by atoms with Crippen LogP contribution in [0.1, 0.15) is 50.2 Å². The molecule has 7 heteroatoms. The predicted molar refractivity (Wildman–Crippen MR) is 91.0 cm³/mol. The third-order valence-electron chi connectivity index (χ3n) is 4.36. The van der Waals surface area contributed by atoms with Crippen molar-refractivity contribution in [3.63, 3.8) is 0 Å². The summed E-state index contributed by atoms with van der Waals surface area (Å²) in [5, 5.41) is 4.04. The topological polar surface area (TPSA) is 76.3 Å². The van der Waals surface area contributed by atoms with Gasteiger partial charge in [0.05, 0.1) is 4.90 Å². The summed E-state index contributed by atoms with van der Waals surface area (Å²) in [6.45, 7) is 5.74. The van der Waals surface area contributed by atoms with Crippen LogP contribution in [-0.2, 0) is 9.84 Å². The zero-order valence-electron chi connectivity index (χ0n) is 14.2. The second-order valence-corrected chi connectivity index (χ2v) is 8.62. The first-order valence-corrected chi connectivity index (χ1v) is 10.0. The fraction of sp³-hybridized carbons (Fsp3) is 0.529. The van der Waals surface area contributed by atoms with Crippen LogP contribution in [0.15, 0.2) is 27.6 Å². The molecular formula is C17H22N3O3S. The fourth-order valence-electron chi connectivity index (χ4n) is 2.87.